The van der Waals surface area contributed by atoms with Gasteiger partial charge < -0.3 is 0 Å². The lowest BCUT2D eigenvalue weighted by atomic mass is 10.1. The molecular weight excluding hydrogens is 422 g/mol. The van der Waals surface area contributed by atoms with E-state index in [0.29, 0.717) is 15.5 Å². The van der Waals surface area contributed by atoms with Gasteiger partial charge in [0.15, 0.2) is 9.84 Å². The van der Waals surface area contributed by atoms with E-state index in [9.17, 15) is 8.42 Å². The van der Waals surface area contributed by atoms with E-state index in [1.807, 2.05) is 67.6 Å². The summed E-state index contributed by atoms with van der Waals surface area (Å²) >= 11 is 7.86. The summed E-state index contributed by atoms with van der Waals surface area (Å²) in [6.07, 6.45) is 1.23. The normalized spacial score (nSPS) is 11.6. The second-order valence-corrected chi connectivity index (χ2v) is 10.2. The molecule has 146 valence electrons. The molecule has 29 heavy (non-hydrogen) atoms. The predicted molar refractivity (Wildman–Crippen MR) is 121 cm³/mol. The average Bonchev–Trinajstić information content (AvgIpc) is 3.13. The van der Waals surface area contributed by atoms with Crippen molar-refractivity contribution in [2.45, 2.75) is 11.8 Å². The van der Waals surface area contributed by atoms with E-state index in [4.69, 9.17) is 16.6 Å². The summed E-state index contributed by atoms with van der Waals surface area (Å²) in [5.74, 6) is 0. The highest BCUT2D eigenvalue weighted by atomic mass is 35.5. The van der Waals surface area contributed by atoms with Crippen molar-refractivity contribution in [1.82, 2.24) is 4.98 Å². The van der Waals surface area contributed by atoms with Crippen LogP contribution in [-0.4, -0.2) is 19.7 Å². The average molecular weight is 440 g/mol. The van der Waals surface area contributed by atoms with E-state index in [2.05, 4.69) is 0 Å². The number of nitrogens with zero attached hydrogens (tertiary/aromatic N) is 1. The third kappa shape index (κ3) is 3.99. The van der Waals surface area contributed by atoms with Crippen LogP contribution in [0.4, 0.5) is 0 Å². The number of aromatic nitrogens is 1. The monoisotopic (exact) mass is 439 g/mol. The first-order valence-corrected chi connectivity index (χ1v) is 12.1. The lowest BCUT2D eigenvalue weighted by molar-refractivity contribution is 0.602. The minimum absolute atomic E-state index is 0.294. The third-order valence-electron chi connectivity index (χ3n) is 4.59. The van der Waals surface area contributed by atoms with Crippen LogP contribution in [0, 0.1) is 6.92 Å². The quantitative estimate of drug-likeness (QED) is 0.364. The smallest absolute Gasteiger partial charge is 0.176 e. The van der Waals surface area contributed by atoms with E-state index in [-0.39, 0.29) is 0 Å². The molecule has 0 N–H and O–H groups in total. The molecule has 0 unspecified atom stereocenters. The Morgan fingerprint density at radius 2 is 1.48 bits per heavy atom. The molecule has 0 aliphatic heterocycles. The summed E-state index contributed by atoms with van der Waals surface area (Å²) in [6.45, 7) is 2.03. The number of aryl methyl sites for hydroxylation is 1. The van der Waals surface area contributed by atoms with Crippen LogP contribution >= 0.6 is 22.9 Å². The van der Waals surface area contributed by atoms with E-state index >= 15 is 0 Å². The second kappa shape index (κ2) is 7.75. The minimum atomic E-state index is -3.40. The first-order valence-electron chi connectivity index (χ1n) is 8.97. The maximum absolute atomic E-state index is 12.4. The van der Waals surface area contributed by atoms with Gasteiger partial charge in [0, 0.05) is 22.9 Å². The zero-order valence-electron chi connectivity index (χ0n) is 15.9. The summed E-state index contributed by atoms with van der Waals surface area (Å²) in [4.78, 5) is 5.98. The van der Waals surface area contributed by atoms with Crippen LogP contribution in [0.15, 0.2) is 77.7 Å². The Morgan fingerprint density at radius 1 is 0.862 bits per heavy atom. The fraction of sp³-hybridized carbons (Fsp3) is 0.0870. The van der Waals surface area contributed by atoms with Crippen molar-refractivity contribution in [2.75, 3.05) is 6.26 Å². The topological polar surface area (TPSA) is 47.0 Å². The zero-order chi connectivity index (χ0) is 20.6. The van der Waals surface area contributed by atoms with Crippen LogP contribution in [-0.2, 0) is 9.84 Å². The molecule has 4 aromatic rings. The first-order chi connectivity index (χ1) is 13.8. The summed E-state index contributed by atoms with van der Waals surface area (Å²) in [7, 11) is -3.40. The van der Waals surface area contributed by atoms with Gasteiger partial charge in [-0.3, -0.25) is 0 Å². The SMILES string of the molecule is Cc1ccc(-c2nc(-c3ccccc3Cl)sc2-c2ccccc2S(C)(=O)=O)cc1. The summed E-state index contributed by atoms with van der Waals surface area (Å²) < 4.78 is 24.8. The summed E-state index contributed by atoms with van der Waals surface area (Å²) in [6, 6.07) is 22.7. The van der Waals surface area contributed by atoms with Crippen LogP contribution in [0.3, 0.4) is 0 Å². The Balaban J connectivity index is 2.01. The van der Waals surface area contributed by atoms with Gasteiger partial charge in [0.2, 0.25) is 0 Å². The number of benzene rings is 3. The molecule has 4 rings (SSSR count). The number of hydrogen-bond donors (Lipinski definition) is 0. The van der Waals surface area contributed by atoms with Gasteiger partial charge in [0.1, 0.15) is 5.01 Å². The Hall–Kier alpha value is -2.47. The van der Waals surface area contributed by atoms with Gasteiger partial charge in [0.05, 0.1) is 20.5 Å². The van der Waals surface area contributed by atoms with E-state index in [0.717, 1.165) is 32.3 Å². The maximum Gasteiger partial charge on any atom is 0.176 e. The third-order valence-corrected chi connectivity index (χ3v) is 7.19. The molecule has 0 aliphatic carbocycles. The van der Waals surface area contributed by atoms with Crippen molar-refractivity contribution >= 4 is 32.8 Å². The minimum Gasteiger partial charge on any atom is -0.235 e. The Kier molecular flexibility index (Phi) is 5.30. The van der Waals surface area contributed by atoms with Crippen molar-refractivity contribution in [3.8, 4) is 32.3 Å². The molecule has 0 spiro atoms. The molecule has 0 radical (unpaired) electrons. The van der Waals surface area contributed by atoms with Gasteiger partial charge in [-0.05, 0) is 19.1 Å². The van der Waals surface area contributed by atoms with Crippen molar-refractivity contribution < 1.29 is 8.42 Å². The molecule has 0 bridgehead atoms. The number of rotatable bonds is 4. The number of halogens is 1. The molecule has 0 amide bonds. The van der Waals surface area contributed by atoms with Gasteiger partial charge >= 0.3 is 0 Å². The van der Waals surface area contributed by atoms with Gasteiger partial charge in [-0.1, -0.05) is 77.8 Å². The summed E-state index contributed by atoms with van der Waals surface area (Å²) in [5, 5.41) is 1.36. The van der Waals surface area contributed by atoms with Crippen molar-refractivity contribution in [1.29, 1.82) is 0 Å². The molecular formula is C23H18ClNO2S2. The van der Waals surface area contributed by atoms with E-state index < -0.39 is 9.84 Å². The molecule has 0 saturated carbocycles. The molecule has 1 heterocycles. The number of hydrogen-bond acceptors (Lipinski definition) is 4. The van der Waals surface area contributed by atoms with Gasteiger partial charge in [-0.2, -0.15) is 0 Å². The highest BCUT2D eigenvalue weighted by molar-refractivity contribution is 7.90. The van der Waals surface area contributed by atoms with Crippen LogP contribution < -0.4 is 0 Å². The van der Waals surface area contributed by atoms with Crippen LogP contribution in [0.1, 0.15) is 5.56 Å². The van der Waals surface area contributed by atoms with Crippen molar-refractivity contribution in [2.24, 2.45) is 0 Å². The van der Waals surface area contributed by atoms with Gasteiger partial charge in [-0.15, -0.1) is 11.3 Å². The van der Waals surface area contributed by atoms with Crippen LogP contribution in [0.5, 0.6) is 0 Å². The molecule has 1 aromatic heterocycles. The van der Waals surface area contributed by atoms with Crippen LogP contribution in [0.25, 0.3) is 32.3 Å². The first kappa shape index (κ1) is 19.8. The van der Waals surface area contributed by atoms with Crippen molar-refractivity contribution in [3.63, 3.8) is 0 Å². The molecule has 6 heteroatoms. The Bertz CT molecular complexity index is 1290. The highest BCUT2D eigenvalue weighted by Crippen LogP contribution is 2.44. The maximum atomic E-state index is 12.4. The Labute approximate surface area is 179 Å². The second-order valence-electron chi connectivity index (χ2n) is 6.81. The molecule has 3 aromatic carbocycles. The molecule has 0 fully saturated rings. The predicted octanol–water partition coefficient (Wildman–Crippen LogP) is 6.51. The largest absolute Gasteiger partial charge is 0.235 e. The van der Waals surface area contributed by atoms with E-state index in [1.165, 1.54) is 17.6 Å². The Morgan fingerprint density at radius 3 is 2.14 bits per heavy atom. The summed E-state index contributed by atoms with van der Waals surface area (Å²) in [5.41, 5.74) is 4.31. The lowest BCUT2D eigenvalue weighted by Crippen LogP contribution is -1.99. The molecule has 3 nitrogen and oxygen atoms in total. The van der Waals surface area contributed by atoms with Gasteiger partial charge in [0.25, 0.3) is 0 Å². The zero-order valence-corrected chi connectivity index (χ0v) is 18.3. The van der Waals surface area contributed by atoms with Gasteiger partial charge in [-0.25, -0.2) is 13.4 Å². The molecule has 0 atom stereocenters. The van der Waals surface area contributed by atoms with Crippen molar-refractivity contribution in [3.05, 3.63) is 83.4 Å². The van der Waals surface area contributed by atoms with Crippen LogP contribution in [0.2, 0.25) is 5.02 Å². The molecule has 0 aliphatic rings. The number of thiazole rings is 1. The fourth-order valence-corrected chi connectivity index (χ4v) is 5.54. The lowest BCUT2D eigenvalue weighted by Gasteiger charge is -2.08. The number of sulfone groups is 1. The molecule has 0 saturated heterocycles. The standard InChI is InChI=1S/C23H18ClNO2S2/c1-15-11-13-16(14-12-15)21-22(18-8-4-6-10-20(18)29(2,26)27)28-23(25-21)17-7-3-5-9-19(17)24/h3-14H,1-2H3. The highest BCUT2D eigenvalue weighted by Gasteiger charge is 2.22. The fourth-order valence-electron chi connectivity index (χ4n) is 3.14. The van der Waals surface area contributed by atoms with E-state index in [1.54, 1.807) is 12.1 Å².